The van der Waals surface area contributed by atoms with Gasteiger partial charge >= 0.3 is 6.03 Å². The van der Waals surface area contributed by atoms with Crippen molar-refractivity contribution in [3.8, 4) is 0 Å². The van der Waals surface area contributed by atoms with Crippen LogP contribution in [0.3, 0.4) is 0 Å². The van der Waals surface area contributed by atoms with Gasteiger partial charge in [-0.25, -0.2) is 4.79 Å². The van der Waals surface area contributed by atoms with Gasteiger partial charge in [0.25, 0.3) is 0 Å². The fourth-order valence-corrected chi connectivity index (χ4v) is 3.10. The molecule has 2 amide bonds. The molecule has 0 aromatic rings. The standard InChI is InChI=1S/C16H31N3O/c1-4-5-6-9-17-16(20)19-11-10-18(14-7-8-14)12-15(19)13(2)3/h13-15H,4-12H2,1-3H3,(H,17,20). The van der Waals surface area contributed by atoms with Gasteiger partial charge in [0, 0.05) is 38.3 Å². The lowest BCUT2D eigenvalue weighted by atomic mass is 10.00. The number of carbonyl (C=O) groups excluding carboxylic acids is 1. The summed E-state index contributed by atoms with van der Waals surface area (Å²) in [7, 11) is 0. The summed E-state index contributed by atoms with van der Waals surface area (Å²) in [5.41, 5.74) is 0. The molecule has 0 bridgehead atoms. The summed E-state index contributed by atoms with van der Waals surface area (Å²) in [6.45, 7) is 10.5. The van der Waals surface area contributed by atoms with Gasteiger partial charge < -0.3 is 10.2 Å². The van der Waals surface area contributed by atoms with Gasteiger partial charge in [-0.15, -0.1) is 0 Å². The predicted molar refractivity (Wildman–Crippen MR) is 82.9 cm³/mol. The Labute approximate surface area is 123 Å². The van der Waals surface area contributed by atoms with E-state index < -0.39 is 0 Å². The molecule has 0 radical (unpaired) electrons. The molecule has 1 unspecified atom stereocenters. The van der Waals surface area contributed by atoms with Crippen molar-refractivity contribution >= 4 is 6.03 Å². The van der Waals surface area contributed by atoms with Gasteiger partial charge in [-0.1, -0.05) is 33.6 Å². The van der Waals surface area contributed by atoms with Crippen molar-refractivity contribution in [3.05, 3.63) is 0 Å². The van der Waals surface area contributed by atoms with Gasteiger partial charge in [-0.3, -0.25) is 4.90 Å². The van der Waals surface area contributed by atoms with E-state index in [0.29, 0.717) is 12.0 Å². The predicted octanol–water partition coefficient (Wildman–Crippen LogP) is 2.69. The Bertz CT molecular complexity index is 315. The zero-order chi connectivity index (χ0) is 14.5. The Morgan fingerprint density at radius 2 is 2.00 bits per heavy atom. The third kappa shape index (κ3) is 4.11. The van der Waals surface area contributed by atoms with Crippen LogP contribution in [0.2, 0.25) is 0 Å². The van der Waals surface area contributed by atoms with Gasteiger partial charge in [0.2, 0.25) is 0 Å². The molecule has 1 atom stereocenters. The van der Waals surface area contributed by atoms with Crippen molar-refractivity contribution in [2.75, 3.05) is 26.2 Å². The summed E-state index contributed by atoms with van der Waals surface area (Å²) < 4.78 is 0. The molecular formula is C16H31N3O. The number of hydrogen-bond acceptors (Lipinski definition) is 2. The maximum absolute atomic E-state index is 12.4. The molecule has 1 heterocycles. The third-order valence-corrected chi connectivity index (χ3v) is 4.60. The molecule has 2 fully saturated rings. The van der Waals surface area contributed by atoms with E-state index in [9.17, 15) is 4.79 Å². The molecule has 0 aromatic carbocycles. The van der Waals surface area contributed by atoms with Gasteiger partial charge in [0.1, 0.15) is 0 Å². The van der Waals surface area contributed by atoms with E-state index >= 15 is 0 Å². The topological polar surface area (TPSA) is 35.6 Å². The second-order valence-corrected chi connectivity index (χ2v) is 6.67. The second kappa shape index (κ2) is 7.30. The highest BCUT2D eigenvalue weighted by Gasteiger charge is 2.38. The number of nitrogens with zero attached hydrogens (tertiary/aromatic N) is 2. The monoisotopic (exact) mass is 281 g/mol. The van der Waals surface area contributed by atoms with Crippen LogP contribution in [0.25, 0.3) is 0 Å². The van der Waals surface area contributed by atoms with Crippen molar-refractivity contribution in [2.24, 2.45) is 5.92 Å². The first-order chi connectivity index (χ1) is 9.63. The number of rotatable bonds is 6. The van der Waals surface area contributed by atoms with Crippen LogP contribution < -0.4 is 5.32 Å². The van der Waals surface area contributed by atoms with E-state index in [1.165, 1.54) is 25.7 Å². The number of unbranched alkanes of at least 4 members (excludes halogenated alkanes) is 2. The first-order valence-corrected chi connectivity index (χ1v) is 8.42. The molecule has 1 saturated heterocycles. The summed E-state index contributed by atoms with van der Waals surface area (Å²) >= 11 is 0. The molecule has 116 valence electrons. The van der Waals surface area contributed by atoms with Crippen LogP contribution in [0.4, 0.5) is 4.79 Å². The molecule has 4 nitrogen and oxygen atoms in total. The normalized spacial score (nSPS) is 24.2. The van der Waals surface area contributed by atoms with Crippen LogP contribution in [0.1, 0.15) is 52.9 Å². The summed E-state index contributed by atoms with van der Waals surface area (Å²) in [4.78, 5) is 17.0. The summed E-state index contributed by atoms with van der Waals surface area (Å²) in [5.74, 6) is 0.526. The first-order valence-electron chi connectivity index (χ1n) is 8.42. The molecule has 2 rings (SSSR count). The smallest absolute Gasteiger partial charge is 0.317 e. The number of carbonyl (C=O) groups is 1. The maximum atomic E-state index is 12.4. The minimum Gasteiger partial charge on any atom is -0.338 e. The lowest BCUT2D eigenvalue weighted by molar-refractivity contribution is 0.0681. The fraction of sp³-hybridized carbons (Fsp3) is 0.938. The van der Waals surface area contributed by atoms with Crippen LogP contribution in [0.15, 0.2) is 0 Å². The van der Waals surface area contributed by atoms with E-state index in [0.717, 1.165) is 38.6 Å². The zero-order valence-electron chi connectivity index (χ0n) is 13.4. The van der Waals surface area contributed by atoms with Gasteiger partial charge in [-0.05, 0) is 25.2 Å². The van der Waals surface area contributed by atoms with Gasteiger partial charge in [0.05, 0.1) is 0 Å². The Morgan fingerprint density at radius 3 is 2.60 bits per heavy atom. The summed E-state index contributed by atoms with van der Waals surface area (Å²) in [6, 6.07) is 1.33. The lowest BCUT2D eigenvalue weighted by Crippen LogP contribution is -2.59. The number of amides is 2. The van der Waals surface area contributed by atoms with E-state index in [1.807, 2.05) is 0 Å². The van der Waals surface area contributed by atoms with Crippen molar-refractivity contribution in [1.82, 2.24) is 15.1 Å². The van der Waals surface area contributed by atoms with E-state index in [2.05, 4.69) is 35.9 Å². The maximum Gasteiger partial charge on any atom is 0.317 e. The third-order valence-electron chi connectivity index (χ3n) is 4.60. The Hall–Kier alpha value is -0.770. The molecule has 1 aliphatic heterocycles. The number of urea groups is 1. The quantitative estimate of drug-likeness (QED) is 0.760. The van der Waals surface area contributed by atoms with Crippen molar-refractivity contribution < 1.29 is 4.79 Å². The molecule has 4 heteroatoms. The van der Waals surface area contributed by atoms with Crippen molar-refractivity contribution in [2.45, 2.75) is 65.0 Å². The van der Waals surface area contributed by atoms with E-state index in [-0.39, 0.29) is 6.03 Å². The lowest BCUT2D eigenvalue weighted by Gasteiger charge is -2.43. The van der Waals surface area contributed by atoms with Crippen LogP contribution in [-0.2, 0) is 0 Å². The van der Waals surface area contributed by atoms with E-state index in [1.54, 1.807) is 0 Å². The van der Waals surface area contributed by atoms with E-state index in [4.69, 9.17) is 0 Å². The highest BCUT2D eigenvalue weighted by molar-refractivity contribution is 5.74. The summed E-state index contributed by atoms with van der Waals surface area (Å²) in [6.07, 6.45) is 6.20. The Morgan fingerprint density at radius 1 is 1.25 bits per heavy atom. The molecule has 1 aliphatic carbocycles. The van der Waals surface area contributed by atoms with Gasteiger partial charge in [-0.2, -0.15) is 0 Å². The molecule has 1 saturated carbocycles. The van der Waals surface area contributed by atoms with Crippen LogP contribution in [-0.4, -0.2) is 54.1 Å². The molecule has 0 aromatic heterocycles. The Kier molecular flexibility index (Phi) is 5.70. The summed E-state index contributed by atoms with van der Waals surface area (Å²) in [5, 5.41) is 3.10. The highest BCUT2D eigenvalue weighted by atomic mass is 16.2. The SMILES string of the molecule is CCCCCNC(=O)N1CCN(C2CC2)CC1C(C)C. The molecular weight excluding hydrogens is 250 g/mol. The molecule has 2 aliphatic rings. The number of hydrogen-bond donors (Lipinski definition) is 1. The average molecular weight is 281 g/mol. The largest absolute Gasteiger partial charge is 0.338 e. The number of nitrogens with one attached hydrogen (secondary N) is 1. The fourth-order valence-electron chi connectivity index (χ4n) is 3.10. The molecule has 20 heavy (non-hydrogen) atoms. The second-order valence-electron chi connectivity index (χ2n) is 6.67. The Balaban J connectivity index is 1.83. The van der Waals surface area contributed by atoms with Crippen LogP contribution >= 0.6 is 0 Å². The van der Waals surface area contributed by atoms with Crippen molar-refractivity contribution in [3.63, 3.8) is 0 Å². The van der Waals surface area contributed by atoms with Gasteiger partial charge in [0.15, 0.2) is 0 Å². The minimum absolute atomic E-state index is 0.148. The number of piperazine rings is 1. The molecule has 0 spiro atoms. The first kappa shape index (κ1) is 15.6. The minimum atomic E-state index is 0.148. The highest BCUT2D eigenvalue weighted by Crippen LogP contribution is 2.30. The van der Waals surface area contributed by atoms with Crippen molar-refractivity contribution in [1.29, 1.82) is 0 Å². The van der Waals surface area contributed by atoms with Crippen LogP contribution in [0.5, 0.6) is 0 Å². The zero-order valence-corrected chi connectivity index (χ0v) is 13.4. The average Bonchev–Trinajstić information content (AvgIpc) is 3.27. The molecule has 1 N–H and O–H groups in total. The van der Waals surface area contributed by atoms with Crippen LogP contribution in [0, 0.1) is 5.92 Å².